The van der Waals surface area contributed by atoms with Crippen LogP contribution in [0.15, 0.2) is 44.5 Å². The number of benzene rings is 1. The molecule has 120 valence electrons. The van der Waals surface area contributed by atoms with E-state index >= 15 is 0 Å². The predicted octanol–water partition coefficient (Wildman–Crippen LogP) is 4.78. The number of carbonyl (C=O) groups excluding carboxylic acids is 1. The van der Waals surface area contributed by atoms with Crippen LogP contribution in [-0.2, 0) is 5.75 Å². The van der Waals surface area contributed by atoms with Crippen molar-refractivity contribution in [2.75, 3.05) is 5.32 Å². The number of thiophene rings is 1. The fourth-order valence-electron chi connectivity index (χ4n) is 1.73. The molecule has 0 aliphatic carbocycles. The second-order valence-corrected chi connectivity index (χ2v) is 9.19. The lowest BCUT2D eigenvalue weighted by atomic mass is 10.2. The molecule has 0 unspecified atom stereocenters. The summed E-state index contributed by atoms with van der Waals surface area (Å²) in [5, 5.41) is 20.1. The summed E-state index contributed by atoms with van der Waals surface area (Å²) in [4.78, 5) is 12.7. The molecule has 1 N–H and O–H groups in total. The molecule has 1 amide bonds. The average molecular weight is 437 g/mol. The van der Waals surface area contributed by atoms with Crippen molar-refractivity contribution in [1.82, 2.24) is 10.2 Å². The largest absolute Gasteiger partial charge is 0.296 e. The summed E-state index contributed by atoms with van der Waals surface area (Å²) in [5.41, 5.74) is 1.74. The van der Waals surface area contributed by atoms with Crippen molar-refractivity contribution in [2.45, 2.75) is 10.1 Å². The number of carbonyl (C=O) groups is 1. The van der Waals surface area contributed by atoms with E-state index in [0.717, 1.165) is 19.4 Å². The normalized spacial score (nSPS) is 10.3. The first kappa shape index (κ1) is 17.1. The molecule has 1 aromatic carbocycles. The maximum atomic E-state index is 12.1. The first-order chi connectivity index (χ1) is 11.6. The van der Waals surface area contributed by atoms with Crippen molar-refractivity contribution in [3.8, 4) is 6.07 Å². The Balaban J connectivity index is 1.57. The van der Waals surface area contributed by atoms with Crippen LogP contribution in [0.1, 0.15) is 20.8 Å². The summed E-state index contributed by atoms with van der Waals surface area (Å²) in [7, 11) is 0. The molecule has 0 aliphatic heterocycles. The maximum absolute atomic E-state index is 12.1. The Morgan fingerprint density at radius 1 is 1.21 bits per heavy atom. The standard InChI is InChI=1S/C15H9BrN4OS3/c16-12-6-5-11(23-12)13(21)18-14-19-20-15(24-14)22-8-10-3-1-9(7-17)2-4-10/h1-6H,8H2,(H,18,19,21). The Morgan fingerprint density at radius 2 is 2.00 bits per heavy atom. The first-order valence-electron chi connectivity index (χ1n) is 6.66. The molecule has 0 spiro atoms. The van der Waals surface area contributed by atoms with Gasteiger partial charge in [0.15, 0.2) is 4.34 Å². The van der Waals surface area contributed by atoms with Crippen molar-refractivity contribution in [3.05, 3.63) is 56.2 Å². The summed E-state index contributed by atoms with van der Waals surface area (Å²) in [6.07, 6.45) is 0. The van der Waals surface area contributed by atoms with Gasteiger partial charge >= 0.3 is 0 Å². The van der Waals surface area contributed by atoms with Gasteiger partial charge in [0.25, 0.3) is 5.91 Å². The van der Waals surface area contributed by atoms with Crippen LogP contribution in [0, 0.1) is 11.3 Å². The van der Waals surface area contributed by atoms with Crippen molar-refractivity contribution >= 4 is 61.4 Å². The monoisotopic (exact) mass is 436 g/mol. The highest BCUT2D eigenvalue weighted by Crippen LogP contribution is 2.29. The molecule has 0 fully saturated rings. The van der Waals surface area contributed by atoms with Gasteiger partial charge in [-0.2, -0.15) is 5.26 Å². The van der Waals surface area contributed by atoms with Crippen molar-refractivity contribution < 1.29 is 4.79 Å². The van der Waals surface area contributed by atoms with Gasteiger partial charge in [-0.25, -0.2) is 0 Å². The fraction of sp³-hybridized carbons (Fsp3) is 0.0667. The third-order valence-corrected chi connectivity index (χ3v) is 6.53. The van der Waals surface area contributed by atoms with Crippen molar-refractivity contribution in [2.24, 2.45) is 0 Å². The number of hydrogen-bond donors (Lipinski definition) is 1. The molecule has 0 bridgehead atoms. The number of thioether (sulfide) groups is 1. The zero-order valence-corrected chi connectivity index (χ0v) is 16.1. The summed E-state index contributed by atoms with van der Waals surface area (Å²) < 4.78 is 1.69. The molecule has 0 atom stereocenters. The van der Waals surface area contributed by atoms with Crippen LogP contribution in [0.2, 0.25) is 0 Å². The highest BCUT2D eigenvalue weighted by atomic mass is 79.9. The van der Waals surface area contributed by atoms with E-state index in [-0.39, 0.29) is 5.91 Å². The number of nitrogens with one attached hydrogen (secondary N) is 1. The molecule has 2 heterocycles. The molecule has 3 rings (SSSR count). The van der Waals surface area contributed by atoms with E-state index < -0.39 is 0 Å². The van der Waals surface area contributed by atoms with E-state index in [9.17, 15) is 4.79 Å². The third-order valence-electron chi connectivity index (χ3n) is 2.87. The zero-order chi connectivity index (χ0) is 16.9. The molecule has 0 saturated heterocycles. The Kier molecular flexibility index (Phi) is 5.63. The van der Waals surface area contributed by atoms with E-state index in [1.807, 2.05) is 18.2 Å². The highest BCUT2D eigenvalue weighted by molar-refractivity contribution is 9.11. The summed E-state index contributed by atoms with van der Waals surface area (Å²) in [6.45, 7) is 0. The fourth-order valence-corrected chi connectivity index (χ4v) is 4.72. The van der Waals surface area contributed by atoms with Gasteiger partial charge in [0.1, 0.15) is 0 Å². The minimum Gasteiger partial charge on any atom is -0.296 e. The van der Waals surface area contributed by atoms with Gasteiger partial charge in [-0.05, 0) is 45.8 Å². The average Bonchev–Trinajstić information content (AvgIpc) is 3.22. The second-order valence-electron chi connectivity index (χ2n) is 4.53. The van der Waals surface area contributed by atoms with Gasteiger partial charge in [0.05, 0.1) is 20.3 Å². The zero-order valence-electron chi connectivity index (χ0n) is 12.0. The molecule has 9 heteroatoms. The van der Waals surface area contributed by atoms with Gasteiger partial charge in [0.2, 0.25) is 5.13 Å². The summed E-state index contributed by atoms with van der Waals surface area (Å²) >= 11 is 7.58. The molecule has 0 saturated carbocycles. The van der Waals surface area contributed by atoms with Crippen LogP contribution in [0.25, 0.3) is 0 Å². The number of halogens is 1. The van der Waals surface area contributed by atoms with Crippen LogP contribution in [0.4, 0.5) is 5.13 Å². The molecule has 5 nitrogen and oxygen atoms in total. The number of rotatable bonds is 5. The minimum absolute atomic E-state index is 0.189. The van der Waals surface area contributed by atoms with E-state index in [4.69, 9.17) is 5.26 Å². The number of nitrogens with zero attached hydrogens (tertiary/aromatic N) is 3. The Hall–Kier alpha value is -1.73. The first-order valence-corrected chi connectivity index (χ1v) is 10.1. The van der Waals surface area contributed by atoms with Gasteiger partial charge in [-0.15, -0.1) is 21.5 Å². The van der Waals surface area contributed by atoms with E-state index in [0.29, 0.717) is 15.6 Å². The Morgan fingerprint density at radius 3 is 2.67 bits per heavy atom. The maximum Gasteiger partial charge on any atom is 0.267 e. The lowest BCUT2D eigenvalue weighted by Gasteiger charge is -1.98. The van der Waals surface area contributed by atoms with Crippen LogP contribution in [0.5, 0.6) is 0 Å². The number of aromatic nitrogens is 2. The SMILES string of the molecule is N#Cc1ccc(CSc2nnc(NC(=O)c3ccc(Br)s3)s2)cc1. The molecular formula is C15H9BrN4OS3. The van der Waals surface area contributed by atoms with Crippen LogP contribution < -0.4 is 5.32 Å². The highest BCUT2D eigenvalue weighted by Gasteiger charge is 2.12. The Bertz CT molecular complexity index is 898. The number of anilines is 1. The lowest BCUT2D eigenvalue weighted by Crippen LogP contribution is -2.09. The topological polar surface area (TPSA) is 78.7 Å². The molecule has 0 aliphatic rings. The van der Waals surface area contributed by atoms with Gasteiger partial charge in [-0.1, -0.05) is 35.2 Å². The number of amides is 1. The quantitative estimate of drug-likeness (QED) is 0.459. The molecule has 24 heavy (non-hydrogen) atoms. The predicted molar refractivity (Wildman–Crippen MR) is 101 cm³/mol. The van der Waals surface area contributed by atoms with Gasteiger partial charge in [0, 0.05) is 5.75 Å². The van der Waals surface area contributed by atoms with Crippen molar-refractivity contribution in [3.63, 3.8) is 0 Å². The molecule has 2 aromatic heterocycles. The van der Waals surface area contributed by atoms with E-state index in [1.54, 1.807) is 30.0 Å². The van der Waals surface area contributed by atoms with E-state index in [1.165, 1.54) is 22.7 Å². The van der Waals surface area contributed by atoms with Crippen molar-refractivity contribution in [1.29, 1.82) is 5.26 Å². The lowest BCUT2D eigenvalue weighted by molar-refractivity contribution is 0.103. The molecular weight excluding hydrogens is 428 g/mol. The third kappa shape index (κ3) is 4.42. The van der Waals surface area contributed by atoms with Crippen LogP contribution in [-0.4, -0.2) is 16.1 Å². The number of hydrogen-bond acceptors (Lipinski definition) is 7. The van der Waals surface area contributed by atoms with Crippen LogP contribution in [0.3, 0.4) is 0 Å². The summed E-state index contributed by atoms with van der Waals surface area (Å²) in [5.74, 6) is 0.539. The molecule has 3 aromatic rings. The Labute approximate surface area is 158 Å². The second kappa shape index (κ2) is 7.90. The minimum atomic E-state index is -0.189. The molecule has 0 radical (unpaired) electrons. The van der Waals surface area contributed by atoms with Crippen LogP contribution >= 0.6 is 50.4 Å². The van der Waals surface area contributed by atoms with Gasteiger partial charge < -0.3 is 0 Å². The smallest absolute Gasteiger partial charge is 0.267 e. The van der Waals surface area contributed by atoms with Gasteiger partial charge in [-0.3, -0.25) is 10.1 Å². The summed E-state index contributed by atoms with van der Waals surface area (Å²) in [6, 6.07) is 13.1. The number of nitriles is 1. The van der Waals surface area contributed by atoms with E-state index in [2.05, 4.69) is 37.5 Å².